The van der Waals surface area contributed by atoms with E-state index < -0.39 is 5.60 Å². The fraction of sp³-hybridized carbons (Fsp3) is 0.619. The zero-order valence-corrected chi connectivity index (χ0v) is 17.2. The molecule has 6 heteroatoms. The predicted octanol–water partition coefficient (Wildman–Crippen LogP) is 3.48. The van der Waals surface area contributed by atoms with E-state index in [9.17, 15) is 9.59 Å². The third-order valence-corrected chi connectivity index (χ3v) is 4.61. The van der Waals surface area contributed by atoms with Gasteiger partial charge in [-0.2, -0.15) is 0 Å². The van der Waals surface area contributed by atoms with Crippen LogP contribution in [0.1, 0.15) is 39.2 Å². The molecule has 0 radical (unpaired) electrons. The first-order valence-electron chi connectivity index (χ1n) is 9.55. The number of carbonyl (C=O) groups excluding carboxylic acids is 2. The van der Waals surface area contributed by atoms with Crippen molar-refractivity contribution in [2.75, 3.05) is 33.3 Å². The molecular formula is C21H32N2O4. The number of piperidine rings is 1. The molecule has 0 unspecified atom stereocenters. The molecule has 1 aromatic carbocycles. The van der Waals surface area contributed by atoms with E-state index in [1.54, 1.807) is 16.8 Å². The van der Waals surface area contributed by atoms with Crippen molar-refractivity contribution in [2.24, 2.45) is 5.92 Å². The van der Waals surface area contributed by atoms with E-state index in [-0.39, 0.29) is 18.6 Å². The second kappa shape index (κ2) is 9.11. The minimum atomic E-state index is -0.474. The van der Waals surface area contributed by atoms with Gasteiger partial charge >= 0.3 is 6.09 Å². The van der Waals surface area contributed by atoms with Gasteiger partial charge in [-0.1, -0.05) is 17.7 Å². The Morgan fingerprint density at radius 3 is 2.30 bits per heavy atom. The SMILES string of the molecule is Cc1ccc(OCC(=O)N(C)CC2CCN(C(=O)OC(C)(C)C)CC2)cc1. The smallest absolute Gasteiger partial charge is 0.410 e. The predicted molar refractivity (Wildman–Crippen MR) is 105 cm³/mol. The van der Waals surface area contributed by atoms with Gasteiger partial charge in [0.05, 0.1) is 0 Å². The van der Waals surface area contributed by atoms with Crippen molar-refractivity contribution in [3.05, 3.63) is 29.8 Å². The molecule has 0 bridgehead atoms. The fourth-order valence-corrected chi connectivity index (χ4v) is 3.00. The maximum Gasteiger partial charge on any atom is 0.410 e. The molecule has 1 saturated heterocycles. The van der Waals surface area contributed by atoms with Crippen molar-refractivity contribution in [2.45, 2.75) is 46.1 Å². The highest BCUT2D eigenvalue weighted by Gasteiger charge is 2.27. The number of ether oxygens (including phenoxy) is 2. The normalized spacial score (nSPS) is 15.4. The summed E-state index contributed by atoms with van der Waals surface area (Å²) in [6.07, 6.45) is 1.49. The molecule has 1 heterocycles. The lowest BCUT2D eigenvalue weighted by Crippen LogP contribution is -2.44. The highest BCUT2D eigenvalue weighted by molar-refractivity contribution is 5.77. The largest absolute Gasteiger partial charge is 0.484 e. The maximum atomic E-state index is 12.3. The molecule has 2 amide bonds. The standard InChI is InChI=1S/C21H32N2O4/c1-16-6-8-18(9-7-16)26-15-19(24)22(5)14-17-10-12-23(13-11-17)20(25)27-21(2,3)4/h6-9,17H,10-15H2,1-5H3. The average molecular weight is 376 g/mol. The Kier molecular flexibility index (Phi) is 7.11. The number of carbonyl (C=O) groups is 2. The fourth-order valence-electron chi connectivity index (χ4n) is 3.00. The first kappa shape index (κ1) is 21.1. The van der Waals surface area contributed by atoms with Crippen molar-refractivity contribution in [3.63, 3.8) is 0 Å². The van der Waals surface area contributed by atoms with Crippen LogP contribution in [0.5, 0.6) is 5.75 Å². The van der Waals surface area contributed by atoms with E-state index in [0.717, 1.165) is 18.4 Å². The Morgan fingerprint density at radius 1 is 1.15 bits per heavy atom. The molecule has 2 rings (SSSR count). The van der Waals surface area contributed by atoms with Gasteiger partial charge < -0.3 is 19.3 Å². The second-order valence-electron chi connectivity index (χ2n) is 8.29. The Balaban J connectivity index is 1.71. The average Bonchev–Trinajstić information content (AvgIpc) is 2.60. The third kappa shape index (κ3) is 7.12. The van der Waals surface area contributed by atoms with Gasteiger partial charge in [-0.25, -0.2) is 4.79 Å². The lowest BCUT2D eigenvalue weighted by molar-refractivity contribution is -0.132. The van der Waals surface area contributed by atoms with Gasteiger partial charge in [0.15, 0.2) is 6.61 Å². The van der Waals surface area contributed by atoms with Crippen LogP contribution in [0.15, 0.2) is 24.3 Å². The summed E-state index contributed by atoms with van der Waals surface area (Å²) in [7, 11) is 1.81. The van der Waals surface area contributed by atoms with Crippen molar-refractivity contribution in [1.29, 1.82) is 0 Å². The van der Waals surface area contributed by atoms with Crippen LogP contribution in [0.4, 0.5) is 4.79 Å². The number of amides is 2. The summed E-state index contributed by atoms with van der Waals surface area (Å²) >= 11 is 0. The summed E-state index contributed by atoms with van der Waals surface area (Å²) in [6, 6.07) is 7.66. The van der Waals surface area contributed by atoms with E-state index in [1.165, 1.54) is 0 Å². The minimum absolute atomic E-state index is 0.0369. The molecule has 0 saturated carbocycles. The van der Waals surface area contributed by atoms with E-state index in [4.69, 9.17) is 9.47 Å². The zero-order valence-electron chi connectivity index (χ0n) is 17.2. The molecule has 0 N–H and O–H groups in total. The van der Waals surface area contributed by atoms with Crippen molar-refractivity contribution < 1.29 is 19.1 Å². The number of nitrogens with zero attached hydrogens (tertiary/aromatic N) is 2. The van der Waals surface area contributed by atoms with Gasteiger partial charge in [0.1, 0.15) is 11.4 Å². The summed E-state index contributed by atoms with van der Waals surface area (Å²) in [5.74, 6) is 1.05. The molecule has 1 fully saturated rings. The van der Waals surface area contributed by atoms with Gasteiger partial charge in [-0.3, -0.25) is 4.79 Å². The molecule has 0 spiro atoms. The van der Waals surface area contributed by atoms with Crippen LogP contribution in [0.2, 0.25) is 0 Å². The molecule has 1 aliphatic rings. The minimum Gasteiger partial charge on any atom is -0.484 e. The Morgan fingerprint density at radius 2 is 1.74 bits per heavy atom. The molecule has 150 valence electrons. The lowest BCUT2D eigenvalue weighted by atomic mass is 9.96. The lowest BCUT2D eigenvalue weighted by Gasteiger charge is -2.34. The molecule has 6 nitrogen and oxygen atoms in total. The number of hydrogen-bond acceptors (Lipinski definition) is 4. The Labute approximate surface area is 162 Å². The van der Waals surface area contributed by atoms with Crippen LogP contribution in [0, 0.1) is 12.8 Å². The molecule has 1 aliphatic heterocycles. The monoisotopic (exact) mass is 376 g/mol. The molecule has 1 aromatic rings. The Hall–Kier alpha value is -2.24. The summed E-state index contributed by atoms with van der Waals surface area (Å²) < 4.78 is 11.0. The maximum absolute atomic E-state index is 12.3. The number of likely N-dealkylation sites (N-methyl/N-ethyl adjacent to an activating group) is 1. The zero-order chi connectivity index (χ0) is 20.0. The molecule has 27 heavy (non-hydrogen) atoms. The van der Waals surface area contributed by atoms with Gasteiger partial charge in [0, 0.05) is 26.7 Å². The first-order chi connectivity index (χ1) is 12.6. The third-order valence-electron chi connectivity index (χ3n) is 4.61. The summed E-state index contributed by atoms with van der Waals surface area (Å²) in [5.41, 5.74) is 0.682. The Bertz CT molecular complexity index is 629. The first-order valence-corrected chi connectivity index (χ1v) is 9.55. The van der Waals surface area contributed by atoms with Crippen molar-refractivity contribution >= 4 is 12.0 Å². The van der Waals surface area contributed by atoms with Gasteiger partial charge in [0.25, 0.3) is 5.91 Å². The van der Waals surface area contributed by atoms with Gasteiger partial charge in [-0.15, -0.1) is 0 Å². The van der Waals surface area contributed by atoms with E-state index in [1.807, 2.05) is 52.0 Å². The highest BCUT2D eigenvalue weighted by atomic mass is 16.6. The van der Waals surface area contributed by atoms with Gasteiger partial charge in [-0.05, 0) is 58.6 Å². The molecule has 0 aromatic heterocycles. The number of likely N-dealkylation sites (tertiary alicyclic amines) is 1. The van der Waals surface area contributed by atoms with Gasteiger partial charge in [0.2, 0.25) is 0 Å². The van der Waals surface area contributed by atoms with Crippen LogP contribution in [0.25, 0.3) is 0 Å². The number of aryl methyl sites for hydroxylation is 1. The summed E-state index contributed by atoms with van der Waals surface area (Å²) in [4.78, 5) is 27.9. The van der Waals surface area contributed by atoms with E-state index in [2.05, 4.69) is 0 Å². The topological polar surface area (TPSA) is 59.1 Å². The number of rotatable bonds is 5. The van der Waals surface area contributed by atoms with Crippen molar-refractivity contribution in [3.8, 4) is 5.75 Å². The molecular weight excluding hydrogens is 344 g/mol. The highest BCUT2D eigenvalue weighted by Crippen LogP contribution is 2.20. The van der Waals surface area contributed by atoms with E-state index in [0.29, 0.717) is 31.3 Å². The van der Waals surface area contributed by atoms with E-state index >= 15 is 0 Å². The number of hydrogen-bond donors (Lipinski definition) is 0. The molecule has 0 atom stereocenters. The van der Waals surface area contributed by atoms with Crippen LogP contribution in [-0.4, -0.2) is 60.7 Å². The summed E-state index contributed by atoms with van der Waals surface area (Å²) in [5, 5.41) is 0. The van der Waals surface area contributed by atoms with Crippen LogP contribution in [-0.2, 0) is 9.53 Å². The quantitative estimate of drug-likeness (QED) is 0.789. The summed E-state index contributed by atoms with van der Waals surface area (Å²) in [6.45, 7) is 9.68. The van der Waals surface area contributed by atoms with Crippen LogP contribution >= 0.6 is 0 Å². The van der Waals surface area contributed by atoms with Crippen molar-refractivity contribution in [1.82, 2.24) is 9.80 Å². The molecule has 0 aliphatic carbocycles. The number of benzene rings is 1. The second-order valence-corrected chi connectivity index (χ2v) is 8.29. The van der Waals surface area contributed by atoms with Crippen LogP contribution < -0.4 is 4.74 Å². The van der Waals surface area contributed by atoms with Crippen LogP contribution in [0.3, 0.4) is 0 Å².